The molecule has 0 saturated heterocycles. The summed E-state index contributed by atoms with van der Waals surface area (Å²) < 4.78 is 6.86. The fraction of sp³-hybridized carbons (Fsp3) is 0.350. The fourth-order valence-electron chi connectivity index (χ4n) is 2.34. The molecule has 1 aromatic heterocycles. The highest BCUT2D eigenvalue weighted by Crippen LogP contribution is 2.25. The molecule has 0 aliphatic rings. The summed E-state index contributed by atoms with van der Waals surface area (Å²) in [6, 6.07) is 3.59. The average molecular weight is 402 g/mol. The molecule has 0 fully saturated rings. The van der Waals surface area contributed by atoms with E-state index in [0.29, 0.717) is 17.1 Å². The third kappa shape index (κ3) is 6.40. The standard InChI is InChI=1S/C20H27N4O3P/c1-7-8-14-10-17(18(25)15(11-21)12-22-6)24(28)16(14)9-13(2)23-19(26)27-20(3,4)5/h7-10,12,22H,28H2,1-6H3,(H,23,26)/b8-7+,13-9+,15-12+. The highest BCUT2D eigenvalue weighted by atomic mass is 31.0. The summed E-state index contributed by atoms with van der Waals surface area (Å²) in [5.74, 6) is -0.407. The molecule has 1 amide bonds. The van der Waals surface area contributed by atoms with Crippen LogP contribution in [0, 0.1) is 11.3 Å². The van der Waals surface area contributed by atoms with Crippen LogP contribution in [0.3, 0.4) is 0 Å². The van der Waals surface area contributed by atoms with Gasteiger partial charge in [0.25, 0.3) is 0 Å². The van der Waals surface area contributed by atoms with Gasteiger partial charge in [-0.25, -0.2) is 4.79 Å². The van der Waals surface area contributed by atoms with Gasteiger partial charge < -0.3 is 14.4 Å². The van der Waals surface area contributed by atoms with Crippen molar-refractivity contribution in [2.24, 2.45) is 0 Å². The normalized spacial score (nSPS) is 12.6. The van der Waals surface area contributed by atoms with Crippen LogP contribution in [0.1, 0.15) is 56.4 Å². The first kappa shape index (κ1) is 23.2. The lowest BCUT2D eigenvalue weighted by atomic mass is 10.1. The van der Waals surface area contributed by atoms with Crippen LogP contribution in [-0.2, 0) is 4.74 Å². The lowest BCUT2D eigenvalue weighted by Gasteiger charge is -2.19. The number of ketones is 1. The van der Waals surface area contributed by atoms with E-state index in [1.54, 1.807) is 51.2 Å². The van der Waals surface area contributed by atoms with Gasteiger partial charge in [-0.3, -0.25) is 10.1 Å². The van der Waals surface area contributed by atoms with E-state index >= 15 is 0 Å². The van der Waals surface area contributed by atoms with Gasteiger partial charge in [-0.15, -0.1) is 0 Å². The molecule has 7 nitrogen and oxygen atoms in total. The van der Waals surface area contributed by atoms with Gasteiger partial charge in [0.2, 0.25) is 5.78 Å². The van der Waals surface area contributed by atoms with E-state index in [1.165, 1.54) is 6.20 Å². The van der Waals surface area contributed by atoms with Crippen molar-refractivity contribution in [3.63, 3.8) is 0 Å². The van der Waals surface area contributed by atoms with Crippen LogP contribution in [-0.4, -0.2) is 28.9 Å². The van der Waals surface area contributed by atoms with Crippen molar-refractivity contribution in [3.05, 3.63) is 46.6 Å². The number of carbonyl (C=O) groups is 2. The monoisotopic (exact) mass is 402 g/mol. The maximum atomic E-state index is 12.7. The van der Waals surface area contributed by atoms with Gasteiger partial charge in [0.05, 0.1) is 11.4 Å². The van der Waals surface area contributed by atoms with Crippen molar-refractivity contribution >= 4 is 33.4 Å². The number of aromatic nitrogens is 1. The second kappa shape index (κ2) is 9.91. The second-order valence-electron chi connectivity index (χ2n) is 6.98. The SMILES string of the molecule is C/C=C/c1cc(C(=O)/C(C#N)=C/NC)n(P)c1/C=C(\C)NC(=O)OC(C)(C)C. The Balaban J connectivity index is 3.31. The first-order chi connectivity index (χ1) is 13.0. The summed E-state index contributed by atoms with van der Waals surface area (Å²) in [4.78, 5) is 24.6. The fourth-order valence-corrected chi connectivity index (χ4v) is 2.75. The summed E-state index contributed by atoms with van der Waals surface area (Å²) in [5.41, 5.74) is 1.72. The molecule has 8 heteroatoms. The molecule has 0 radical (unpaired) electrons. The molecule has 1 aromatic rings. The Kier molecular flexibility index (Phi) is 8.21. The Morgan fingerprint density at radius 1 is 1.36 bits per heavy atom. The average Bonchev–Trinajstić information content (AvgIpc) is 2.87. The molecule has 0 spiro atoms. The minimum atomic E-state index is -0.603. The topological polar surface area (TPSA) is 96.1 Å². The lowest BCUT2D eigenvalue weighted by molar-refractivity contribution is 0.0546. The van der Waals surface area contributed by atoms with Crippen molar-refractivity contribution in [1.29, 1.82) is 5.26 Å². The number of Topliss-reactive ketones (excluding diaryl/α,β-unsaturated/α-hetero) is 1. The minimum Gasteiger partial charge on any atom is -0.444 e. The van der Waals surface area contributed by atoms with Gasteiger partial charge in [-0.1, -0.05) is 12.2 Å². The molecule has 150 valence electrons. The van der Waals surface area contributed by atoms with Crippen LogP contribution in [0.15, 0.2) is 29.6 Å². The van der Waals surface area contributed by atoms with Gasteiger partial charge >= 0.3 is 6.09 Å². The van der Waals surface area contributed by atoms with Crippen molar-refractivity contribution in [2.45, 2.75) is 40.2 Å². The molecule has 2 N–H and O–H groups in total. The molecule has 1 heterocycles. The molecule has 0 aromatic carbocycles. The maximum absolute atomic E-state index is 12.7. The van der Waals surface area contributed by atoms with Gasteiger partial charge in [0, 0.05) is 24.5 Å². The Hall–Kier alpha value is -2.84. The van der Waals surface area contributed by atoms with E-state index in [-0.39, 0.29) is 5.57 Å². The summed E-state index contributed by atoms with van der Waals surface area (Å²) >= 11 is 0. The first-order valence-electron chi connectivity index (χ1n) is 8.68. The molecule has 0 aliphatic heterocycles. The maximum Gasteiger partial charge on any atom is 0.411 e. The molecule has 1 unspecified atom stereocenters. The zero-order chi connectivity index (χ0) is 21.5. The summed E-state index contributed by atoms with van der Waals surface area (Å²) in [6.07, 6.45) is 6.22. The number of hydrogen-bond acceptors (Lipinski definition) is 5. The van der Waals surface area contributed by atoms with E-state index in [9.17, 15) is 14.9 Å². The number of allylic oxidation sites excluding steroid dienone is 3. The second-order valence-corrected chi connectivity index (χ2v) is 7.50. The number of nitrogens with zero attached hydrogens (tertiary/aromatic N) is 2. The highest BCUT2D eigenvalue weighted by molar-refractivity contribution is 7.14. The third-order valence-corrected chi connectivity index (χ3v) is 3.95. The van der Waals surface area contributed by atoms with E-state index in [1.807, 2.05) is 25.1 Å². The third-order valence-electron chi connectivity index (χ3n) is 3.39. The predicted octanol–water partition coefficient (Wildman–Crippen LogP) is 3.85. The van der Waals surface area contributed by atoms with Crippen molar-refractivity contribution < 1.29 is 14.3 Å². The molecule has 0 bridgehead atoms. The largest absolute Gasteiger partial charge is 0.444 e. The van der Waals surface area contributed by atoms with Crippen molar-refractivity contribution in [2.75, 3.05) is 7.05 Å². The first-order valence-corrected chi connectivity index (χ1v) is 9.19. The molecule has 28 heavy (non-hydrogen) atoms. The zero-order valence-corrected chi connectivity index (χ0v) is 18.2. The predicted molar refractivity (Wildman–Crippen MR) is 114 cm³/mol. The number of nitrogens with one attached hydrogen (secondary N) is 2. The Bertz CT molecular complexity index is 880. The minimum absolute atomic E-state index is 0.00476. The quantitative estimate of drug-likeness (QED) is 0.326. The Morgan fingerprint density at radius 2 is 2.00 bits per heavy atom. The molecular weight excluding hydrogens is 375 g/mol. The molecular formula is C20H27N4O3P. The van der Waals surface area contributed by atoms with E-state index in [2.05, 4.69) is 20.0 Å². The van der Waals surface area contributed by atoms with Crippen LogP contribution in [0.2, 0.25) is 0 Å². The number of hydrogen-bond donors (Lipinski definition) is 2. The van der Waals surface area contributed by atoms with Crippen LogP contribution >= 0.6 is 9.39 Å². The number of amides is 1. The van der Waals surface area contributed by atoms with E-state index in [0.717, 1.165) is 5.56 Å². The van der Waals surface area contributed by atoms with Gasteiger partial charge in [-0.2, -0.15) is 5.26 Å². The lowest BCUT2D eigenvalue weighted by Crippen LogP contribution is -2.31. The van der Waals surface area contributed by atoms with Gasteiger partial charge in [-0.05, 0) is 56.2 Å². The number of rotatable bonds is 6. The molecule has 1 rings (SSSR count). The zero-order valence-electron chi connectivity index (χ0n) is 17.1. The molecule has 0 saturated carbocycles. The van der Waals surface area contributed by atoms with Crippen LogP contribution in [0.5, 0.6) is 0 Å². The van der Waals surface area contributed by atoms with Crippen LogP contribution in [0.4, 0.5) is 4.79 Å². The molecule has 1 atom stereocenters. The van der Waals surface area contributed by atoms with Crippen molar-refractivity contribution in [3.8, 4) is 6.07 Å². The van der Waals surface area contributed by atoms with Crippen LogP contribution < -0.4 is 10.6 Å². The Morgan fingerprint density at radius 3 is 2.50 bits per heavy atom. The highest BCUT2D eigenvalue weighted by Gasteiger charge is 2.20. The number of ether oxygens (including phenoxy) is 1. The van der Waals surface area contributed by atoms with Gasteiger partial charge in [0.1, 0.15) is 17.2 Å². The summed E-state index contributed by atoms with van der Waals surface area (Å²) in [5, 5.41) is 14.6. The van der Waals surface area contributed by atoms with Crippen LogP contribution in [0.25, 0.3) is 12.2 Å². The van der Waals surface area contributed by atoms with E-state index in [4.69, 9.17) is 4.74 Å². The van der Waals surface area contributed by atoms with Crippen molar-refractivity contribution in [1.82, 2.24) is 15.0 Å². The molecule has 0 aliphatic carbocycles. The number of carbonyl (C=O) groups excluding carboxylic acids is 2. The van der Waals surface area contributed by atoms with E-state index < -0.39 is 17.5 Å². The summed E-state index contributed by atoms with van der Waals surface area (Å²) in [7, 11) is 4.09. The smallest absolute Gasteiger partial charge is 0.411 e. The number of alkyl carbamates (subject to hydrolysis) is 1. The van der Waals surface area contributed by atoms with Gasteiger partial charge in [0.15, 0.2) is 0 Å². The Labute approximate surface area is 168 Å². The summed E-state index contributed by atoms with van der Waals surface area (Å²) in [6.45, 7) is 8.94. The number of nitriles is 1.